The maximum absolute atomic E-state index is 13.5. The van der Waals surface area contributed by atoms with Gasteiger partial charge in [-0.05, 0) is 36.4 Å². The summed E-state index contributed by atoms with van der Waals surface area (Å²) in [5, 5.41) is 10.2. The van der Waals surface area contributed by atoms with Crippen molar-refractivity contribution in [2.75, 3.05) is 24.5 Å². The van der Waals surface area contributed by atoms with Crippen LogP contribution in [0.2, 0.25) is 0 Å². The van der Waals surface area contributed by atoms with Gasteiger partial charge in [0.2, 0.25) is 6.79 Å². The fourth-order valence-corrected chi connectivity index (χ4v) is 3.69. The first-order chi connectivity index (χ1) is 13.5. The fourth-order valence-electron chi connectivity index (χ4n) is 3.06. The number of nitrogens with zero attached hydrogens (tertiary/aromatic N) is 2. The number of hydrogen-bond donors (Lipinski definition) is 1. The van der Waals surface area contributed by atoms with Crippen molar-refractivity contribution in [3.63, 3.8) is 0 Å². The molecule has 2 aliphatic rings. The van der Waals surface area contributed by atoms with Gasteiger partial charge in [-0.3, -0.25) is 0 Å². The molecular weight excluding hydrogens is 413 g/mol. The molecule has 4 rings (SSSR count). The smallest absolute Gasteiger partial charge is 0.440 e. The Morgan fingerprint density at radius 3 is 2.38 bits per heavy atom. The third-order valence-corrected chi connectivity index (χ3v) is 5.72. The lowest BCUT2D eigenvalue weighted by molar-refractivity contribution is -0.249. The zero-order valence-corrected chi connectivity index (χ0v) is 15.8. The summed E-state index contributed by atoms with van der Waals surface area (Å²) in [7, 11) is -3.47. The maximum Gasteiger partial charge on any atom is 0.440 e. The number of benzene rings is 2. The first kappa shape index (κ1) is 19.5. The molecule has 0 fully saturated rings. The summed E-state index contributed by atoms with van der Waals surface area (Å²) in [5.74, 6) is 0.662. The Morgan fingerprint density at radius 2 is 1.76 bits per heavy atom. The SMILES string of the molecule is CS(=O)(=O)c1ccc(C2=NC(O)(C(F)(F)F)CN2c2ccc3c(c2)OCO3)cc1. The van der Waals surface area contributed by atoms with Gasteiger partial charge in [0.15, 0.2) is 21.3 Å². The third-order valence-electron chi connectivity index (χ3n) is 4.59. The van der Waals surface area contributed by atoms with Crippen LogP contribution >= 0.6 is 0 Å². The number of sulfone groups is 1. The van der Waals surface area contributed by atoms with Gasteiger partial charge >= 0.3 is 6.18 Å². The molecule has 0 aromatic heterocycles. The highest BCUT2D eigenvalue weighted by molar-refractivity contribution is 7.90. The highest BCUT2D eigenvalue weighted by atomic mass is 32.2. The molecule has 2 aliphatic heterocycles. The van der Waals surface area contributed by atoms with Crippen LogP contribution in [0, 0.1) is 0 Å². The van der Waals surface area contributed by atoms with Gasteiger partial charge in [-0.1, -0.05) is 0 Å². The highest BCUT2D eigenvalue weighted by Crippen LogP contribution is 2.41. The highest BCUT2D eigenvalue weighted by Gasteiger charge is 2.59. The van der Waals surface area contributed by atoms with Crippen molar-refractivity contribution in [3.8, 4) is 11.5 Å². The minimum Gasteiger partial charge on any atom is -0.454 e. The molecule has 29 heavy (non-hydrogen) atoms. The van der Waals surface area contributed by atoms with Crippen molar-refractivity contribution in [2.45, 2.75) is 16.8 Å². The van der Waals surface area contributed by atoms with E-state index in [1.807, 2.05) is 0 Å². The van der Waals surface area contributed by atoms with Crippen molar-refractivity contribution < 1.29 is 36.2 Å². The van der Waals surface area contributed by atoms with Gasteiger partial charge in [-0.2, -0.15) is 13.2 Å². The van der Waals surface area contributed by atoms with Crippen LogP contribution in [0.5, 0.6) is 11.5 Å². The number of hydrogen-bond acceptors (Lipinski definition) is 7. The molecule has 0 bridgehead atoms. The average molecular weight is 428 g/mol. The molecule has 0 spiro atoms. The Bertz CT molecular complexity index is 1100. The Balaban J connectivity index is 1.79. The first-order valence-electron chi connectivity index (χ1n) is 8.35. The number of aliphatic hydroxyl groups is 1. The van der Waals surface area contributed by atoms with Gasteiger partial charge in [-0.15, -0.1) is 0 Å². The van der Waals surface area contributed by atoms with E-state index in [0.717, 1.165) is 6.26 Å². The molecule has 1 atom stereocenters. The van der Waals surface area contributed by atoms with Crippen LogP contribution in [0.1, 0.15) is 5.56 Å². The van der Waals surface area contributed by atoms with Gasteiger partial charge in [-0.25, -0.2) is 13.4 Å². The van der Waals surface area contributed by atoms with E-state index in [2.05, 4.69) is 4.99 Å². The second kappa shape index (κ2) is 6.36. The number of rotatable bonds is 3. The van der Waals surface area contributed by atoms with Gasteiger partial charge in [0.25, 0.3) is 5.72 Å². The number of alkyl halides is 3. The Kier molecular flexibility index (Phi) is 4.28. The minimum atomic E-state index is -5.00. The minimum absolute atomic E-state index is 0.000818. The topological polar surface area (TPSA) is 88.4 Å². The molecule has 1 unspecified atom stereocenters. The summed E-state index contributed by atoms with van der Waals surface area (Å²) >= 11 is 0. The van der Waals surface area contributed by atoms with E-state index in [-0.39, 0.29) is 23.1 Å². The molecule has 2 heterocycles. The van der Waals surface area contributed by atoms with Crippen LogP contribution in [-0.2, 0) is 9.84 Å². The molecule has 0 amide bonds. The lowest BCUT2D eigenvalue weighted by Gasteiger charge is -2.25. The Labute approximate surface area is 163 Å². The molecule has 0 saturated carbocycles. The summed E-state index contributed by atoms with van der Waals surface area (Å²) < 4.78 is 74.1. The fraction of sp³-hybridized carbons (Fsp3) is 0.278. The van der Waals surface area contributed by atoms with Crippen LogP contribution in [-0.4, -0.2) is 50.9 Å². The van der Waals surface area contributed by atoms with E-state index < -0.39 is 28.3 Å². The third kappa shape index (κ3) is 3.40. The number of fused-ring (bicyclic) bond motifs is 1. The second-order valence-corrected chi connectivity index (χ2v) is 8.69. The molecular formula is C18H15F3N2O5S. The number of anilines is 1. The predicted molar refractivity (Wildman–Crippen MR) is 97.0 cm³/mol. The van der Waals surface area contributed by atoms with Crippen molar-refractivity contribution in [3.05, 3.63) is 48.0 Å². The molecule has 2 aromatic rings. The van der Waals surface area contributed by atoms with Gasteiger partial charge in [0.05, 0.1) is 11.4 Å². The zero-order chi connectivity index (χ0) is 21.0. The lowest BCUT2D eigenvalue weighted by atomic mass is 10.1. The zero-order valence-electron chi connectivity index (χ0n) is 15.0. The lowest BCUT2D eigenvalue weighted by Crippen LogP contribution is -2.47. The Hall–Kier alpha value is -2.79. The van der Waals surface area contributed by atoms with Crippen LogP contribution in [0.3, 0.4) is 0 Å². The molecule has 0 radical (unpaired) electrons. The van der Waals surface area contributed by atoms with Crippen molar-refractivity contribution in [1.82, 2.24) is 0 Å². The number of β-amino-alcohol motifs (C(OH)–C–C–N with tert-alkyl or cyclic N) is 1. The van der Waals surface area contributed by atoms with Crippen molar-refractivity contribution in [2.24, 2.45) is 4.99 Å². The molecule has 154 valence electrons. The summed E-state index contributed by atoms with van der Waals surface area (Å²) in [6.45, 7) is -0.863. The standard InChI is InChI=1S/C18H15F3N2O5S/c1-29(25,26)13-5-2-11(3-6-13)16-22-17(24,18(19,20)21)9-23(16)12-4-7-14-15(8-12)28-10-27-14/h2-8,24H,9-10H2,1H3. The van der Waals surface area contributed by atoms with Crippen LogP contribution in [0.4, 0.5) is 18.9 Å². The number of ether oxygens (including phenoxy) is 2. The molecule has 7 nitrogen and oxygen atoms in total. The summed E-state index contributed by atoms with van der Waals surface area (Å²) in [5.41, 5.74) is -2.79. The summed E-state index contributed by atoms with van der Waals surface area (Å²) in [4.78, 5) is 4.77. The van der Waals surface area contributed by atoms with Crippen LogP contribution in [0.15, 0.2) is 52.4 Å². The van der Waals surface area contributed by atoms with Gasteiger partial charge in [0.1, 0.15) is 5.84 Å². The van der Waals surface area contributed by atoms with Crippen molar-refractivity contribution >= 4 is 21.4 Å². The van der Waals surface area contributed by atoms with Gasteiger partial charge in [0, 0.05) is 23.6 Å². The molecule has 2 aromatic carbocycles. The number of amidine groups is 1. The average Bonchev–Trinajstić information content (AvgIpc) is 3.25. The molecule has 0 aliphatic carbocycles. The molecule has 1 N–H and O–H groups in total. The largest absolute Gasteiger partial charge is 0.454 e. The van der Waals surface area contributed by atoms with E-state index in [1.165, 1.54) is 41.3 Å². The summed E-state index contributed by atoms with van der Waals surface area (Å²) in [6, 6.07) is 9.80. The van der Waals surface area contributed by atoms with E-state index in [4.69, 9.17) is 9.47 Å². The quantitative estimate of drug-likeness (QED) is 0.808. The predicted octanol–water partition coefficient (Wildman–Crippen LogP) is 2.34. The molecule has 0 saturated heterocycles. The first-order valence-corrected chi connectivity index (χ1v) is 10.2. The van der Waals surface area contributed by atoms with Crippen LogP contribution in [0.25, 0.3) is 0 Å². The van der Waals surface area contributed by atoms with E-state index in [1.54, 1.807) is 6.07 Å². The van der Waals surface area contributed by atoms with E-state index >= 15 is 0 Å². The van der Waals surface area contributed by atoms with E-state index in [0.29, 0.717) is 17.2 Å². The maximum atomic E-state index is 13.5. The summed E-state index contributed by atoms with van der Waals surface area (Å²) in [6.07, 6.45) is -3.98. The Morgan fingerprint density at radius 1 is 1.10 bits per heavy atom. The monoisotopic (exact) mass is 428 g/mol. The number of aliphatic imine (C=N–C) groups is 1. The number of halogens is 3. The van der Waals surface area contributed by atoms with Crippen LogP contribution < -0.4 is 14.4 Å². The second-order valence-electron chi connectivity index (χ2n) is 6.67. The van der Waals surface area contributed by atoms with Crippen molar-refractivity contribution in [1.29, 1.82) is 0 Å². The van der Waals surface area contributed by atoms with E-state index in [9.17, 15) is 26.7 Å². The molecule has 11 heteroatoms. The van der Waals surface area contributed by atoms with Gasteiger partial charge < -0.3 is 19.5 Å². The normalized spacial score (nSPS) is 21.4.